The van der Waals surface area contributed by atoms with Gasteiger partial charge in [-0.2, -0.15) is 1.33 Å². The van der Waals surface area contributed by atoms with Crippen molar-refractivity contribution >= 4 is 51.9 Å². The van der Waals surface area contributed by atoms with Crippen LogP contribution in [0.5, 0.6) is 0 Å². The SMILES string of the molecule is C=Cn1ccn(C)[c]1=[Pt].IN(I)C12CCC(CC1)CC2. The van der Waals surface area contributed by atoms with Gasteiger partial charge in [0.25, 0.3) is 0 Å². The Morgan fingerprint density at radius 2 is 1.85 bits per heavy atom. The van der Waals surface area contributed by atoms with E-state index in [1.165, 1.54) is 38.5 Å². The molecule has 0 saturated heterocycles. The van der Waals surface area contributed by atoms with Crippen molar-refractivity contribution < 1.29 is 19.4 Å². The van der Waals surface area contributed by atoms with Crippen molar-refractivity contribution in [2.75, 3.05) is 0 Å². The summed E-state index contributed by atoms with van der Waals surface area (Å²) in [6.07, 6.45) is 14.5. The molecular formula is C14H21I2N3Pt. The summed E-state index contributed by atoms with van der Waals surface area (Å²) in [6, 6.07) is 0. The van der Waals surface area contributed by atoms with Crippen molar-refractivity contribution in [2.24, 2.45) is 13.0 Å². The molecule has 1 heterocycles. The maximum atomic E-state index is 3.65. The number of aryl methyl sites for hydroxylation is 1. The van der Waals surface area contributed by atoms with Crippen LogP contribution in [-0.4, -0.2) is 16.0 Å². The topological polar surface area (TPSA) is 13.1 Å². The first-order valence-corrected chi connectivity index (χ1v) is 9.98. The van der Waals surface area contributed by atoms with Gasteiger partial charge in [0.2, 0.25) is 0 Å². The third-order valence-corrected chi connectivity index (χ3v) is 7.96. The first kappa shape index (κ1) is 17.4. The summed E-state index contributed by atoms with van der Waals surface area (Å²) in [5.41, 5.74) is 0.593. The Hall–Kier alpha value is 1.06. The molecule has 1 aromatic rings. The van der Waals surface area contributed by atoms with Gasteiger partial charge in [-0.15, -0.1) is 0 Å². The molecule has 0 amide bonds. The molecule has 3 fully saturated rings. The van der Waals surface area contributed by atoms with Gasteiger partial charge in [0.1, 0.15) is 0 Å². The number of fused-ring (bicyclic) bond motifs is 3. The van der Waals surface area contributed by atoms with Crippen LogP contribution >= 0.6 is 45.7 Å². The van der Waals surface area contributed by atoms with Gasteiger partial charge in [0.05, 0.1) is 0 Å². The molecule has 20 heavy (non-hydrogen) atoms. The molecule has 0 radical (unpaired) electrons. The summed E-state index contributed by atoms with van der Waals surface area (Å²) in [4.78, 5) is 0. The Labute approximate surface area is 160 Å². The number of hydrogen-bond acceptors (Lipinski definition) is 1. The standard InChI is InChI=1S/C8H13I2N.C6H8N2.Pt/c9-11(10)8-4-1-7(2-5-8)3-6-8;1-3-8-5-4-7(2)6-8;/h7H,1-6H2;3-5H,1H2,2H3;. The zero-order valence-electron chi connectivity index (χ0n) is 11.7. The quantitative estimate of drug-likeness (QED) is 0.326. The molecular weight excluding hydrogens is 659 g/mol. The van der Waals surface area contributed by atoms with Gasteiger partial charge in [-0.3, -0.25) is 0 Å². The third-order valence-electron chi connectivity index (χ3n) is 4.53. The van der Waals surface area contributed by atoms with Gasteiger partial charge in [-0.1, -0.05) is 0 Å². The third kappa shape index (κ3) is 3.87. The fourth-order valence-corrected chi connectivity index (χ4v) is 5.07. The van der Waals surface area contributed by atoms with Gasteiger partial charge in [0, 0.05) is 51.3 Å². The van der Waals surface area contributed by atoms with E-state index in [9.17, 15) is 0 Å². The summed E-state index contributed by atoms with van der Waals surface area (Å²) in [6.45, 7) is 3.65. The zero-order chi connectivity index (χ0) is 14.8. The van der Waals surface area contributed by atoms with Crippen LogP contribution in [0.4, 0.5) is 0 Å². The first-order valence-electron chi connectivity index (χ1n) is 6.92. The summed E-state index contributed by atoms with van der Waals surface area (Å²) in [5.74, 6) is 1.09. The normalized spacial score (nSPS) is 28.2. The zero-order valence-corrected chi connectivity index (χ0v) is 18.3. The van der Waals surface area contributed by atoms with Crippen LogP contribution in [0, 0.1) is 9.72 Å². The fraction of sp³-hybridized carbons (Fsp3) is 0.643. The average molecular weight is 680 g/mol. The van der Waals surface area contributed by atoms with E-state index in [-0.39, 0.29) is 0 Å². The number of imidazole rings is 1. The number of halogens is 2. The molecule has 116 valence electrons. The van der Waals surface area contributed by atoms with E-state index < -0.39 is 0 Å². The van der Waals surface area contributed by atoms with Crippen molar-refractivity contribution in [3.63, 3.8) is 0 Å². The molecule has 6 heteroatoms. The van der Waals surface area contributed by atoms with Crippen LogP contribution in [0.25, 0.3) is 6.20 Å². The largest absolute Gasteiger partial charge is 0.182 e. The molecule has 3 nitrogen and oxygen atoms in total. The van der Waals surface area contributed by atoms with Crippen molar-refractivity contribution in [1.82, 2.24) is 10.5 Å². The Kier molecular flexibility index (Phi) is 6.58. The molecule has 4 rings (SSSR count). The van der Waals surface area contributed by atoms with Crippen molar-refractivity contribution in [3.05, 3.63) is 22.8 Å². The van der Waals surface area contributed by atoms with Crippen LogP contribution in [-0.2, 0) is 26.4 Å². The van der Waals surface area contributed by atoms with Gasteiger partial charge >= 0.3 is 64.5 Å². The molecule has 0 N–H and O–H groups in total. The second kappa shape index (κ2) is 7.55. The van der Waals surface area contributed by atoms with Crippen molar-refractivity contribution in [3.8, 4) is 0 Å². The van der Waals surface area contributed by atoms with Crippen LogP contribution in [0.15, 0.2) is 19.0 Å². The summed E-state index contributed by atoms with van der Waals surface area (Å²) >= 11 is 7.16. The summed E-state index contributed by atoms with van der Waals surface area (Å²) in [5, 5.41) is 0. The Morgan fingerprint density at radius 1 is 1.30 bits per heavy atom. The number of nitrogens with zero attached hydrogens (tertiary/aromatic N) is 3. The molecule has 2 bridgehead atoms. The maximum absolute atomic E-state index is 3.65. The predicted octanol–water partition coefficient (Wildman–Crippen LogP) is 4.72. The van der Waals surface area contributed by atoms with Crippen LogP contribution in [0.1, 0.15) is 38.5 Å². The minimum atomic E-state index is 0.593. The smallest absolute Gasteiger partial charge is 0.0408 e. The first-order chi connectivity index (χ1) is 9.48. The Bertz CT molecular complexity index is 499. The van der Waals surface area contributed by atoms with Crippen LogP contribution in [0.2, 0.25) is 0 Å². The molecule has 1 aromatic heterocycles. The van der Waals surface area contributed by atoms with Crippen molar-refractivity contribution in [1.29, 1.82) is 0 Å². The molecule has 3 aliphatic carbocycles. The van der Waals surface area contributed by atoms with E-state index in [1.54, 1.807) is 6.20 Å². The minimum absolute atomic E-state index is 0.593. The molecule has 0 atom stereocenters. The van der Waals surface area contributed by atoms with Gasteiger partial charge in [-0.25, -0.2) is 0 Å². The number of hydrogen-bond donors (Lipinski definition) is 0. The molecule has 0 spiro atoms. The number of rotatable bonds is 2. The second-order valence-electron chi connectivity index (χ2n) is 5.68. The molecule has 3 saturated carbocycles. The number of aromatic nitrogens is 2. The van der Waals surface area contributed by atoms with E-state index in [0.29, 0.717) is 5.54 Å². The molecule has 0 aromatic carbocycles. The van der Waals surface area contributed by atoms with E-state index in [4.69, 9.17) is 0 Å². The average Bonchev–Trinajstić information content (AvgIpc) is 2.81. The van der Waals surface area contributed by atoms with Crippen molar-refractivity contribution in [2.45, 2.75) is 44.1 Å². The maximum Gasteiger partial charge on any atom is 0.0408 e. The van der Waals surface area contributed by atoms with Crippen LogP contribution in [0.3, 0.4) is 0 Å². The monoisotopic (exact) mass is 680 g/mol. The van der Waals surface area contributed by atoms with Gasteiger partial charge in [-0.05, 0) is 44.4 Å². The van der Waals surface area contributed by atoms with Gasteiger partial charge in [0.15, 0.2) is 0 Å². The Balaban J connectivity index is 0.000000151. The Morgan fingerprint density at radius 3 is 2.10 bits per heavy atom. The van der Waals surface area contributed by atoms with E-state index in [2.05, 4.69) is 73.0 Å². The summed E-state index contributed by atoms with van der Waals surface area (Å²) in [7, 11) is 2.00. The van der Waals surface area contributed by atoms with E-state index in [0.717, 1.165) is 9.72 Å². The van der Waals surface area contributed by atoms with E-state index in [1.807, 2.05) is 28.6 Å². The molecule has 3 aliphatic rings. The molecule has 0 unspecified atom stereocenters. The van der Waals surface area contributed by atoms with Crippen LogP contribution < -0.4 is 0 Å². The predicted molar refractivity (Wildman–Crippen MR) is 96.8 cm³/mol. The molecule has 0 aliphatic heterocycles. The fourth-order valence-electron chi connectivity index (χ4n) is 3.08. The van der Waals surface area contributed by atoms with Gasteiger partial charge < -0.3 is 0 Å². The van der Waals surface area contributed by atoms with E-state index >= 15 is 0 Å². The minimum Gasteiger partial charge on any atom is -0.182 e. The summed E-state index contributed by atoms with van der Waals surface area (Å²) < 4.78 is 7.56. The second-order valence-corrected chi connectivity index (χ2v) is 10.5.